The van der Waals surface area contributed by atoms with Gasteiger partial charge in [0.25, 0.3) is 5.92 Å². The molecule has 1 fully saturated rings. The summed E-state index contributed by atoms with van der Waals surface area (Å²) in [6.07, 6.45) is 1.11. The highest BCUT2D eigenvalue weighted by Gasteiger charge is 2.44. The Labute approximate surface area is 149 Å². The number of benzene rings is 2. The highest BCUT2D eigenvalue weighted by Crippen LogP contribution is 2.50. The molecule has 1 amide bonds. The van der Waals surface area contributed by atoms with E-state index in [0.29, 0.717) is 36.1 Å². The number of halogens is 2. The predicted molar refractivity (Wildman–Crippen MR) is 90.9 cm³/mol. The highest BCUT2D eigenvalue weighted by molar-refractivity contribution is 5.86. The van der Waals surface area contributed by atoms with E-state index in [1.165, 1.54) is 23.1 Å². The summed E-state index contributed by atoms with van der Waals surface area (Å²) in [4.78, 5) is 25.1. The zero-order chi connectivity index (χ0) is 18.5. The van der Waals surface area contributed by atoms with Crippen LogP contribution in [0.4, 0.5) is 8.78 Å². The minimum atomic E-state index is -3.04. The smallest absolute Gasteiger partial charge is 0.326 e. The van der Waals surface area contributed by atoms with Gasteiger partial charge in [0.1, 0.15) is 6.04 Å². The third kappa shape index (κ3) is 2.48. The van der Waals surface area contributed by atoms with Gasteiger partial charge in [-0.05, 0) is 29.5 Å². The van der Waals surface area contributed by atoms with Crippen LogP contribution in [0.2, 0.25) is 0 Å². The lowest BCUT2D eigenvalue weighted by molar-refractivity contribution is -0.148. The first kappa shape index (κ1) is 16.7. The molecule has 1 aliphatic carbocycles. The summed E-state index contributed by atoms with van der Waals surface area (Å²) in [6, 6.07) is 10.1. The molecule has 6 heteroatoms. The second-order valence-electron chi connectivity index (χ2n) is 6.76. The van der Waals surface area contributed by atoms with E-state index in [2.05, 4.69) is 0 Å². The van der Waals surface area contributed by atoms with Crippen LogP contribution in [0, 0.1) is 0 Å². The second-order valence-corrected chi connectivity index (χ2v) is 6.76. The summed E-state index contributed by atoms with van der Waals surface area (Å²) in [7, 11) is 0. The lowest BCUT2D eigenvalue weighted by Crippen LogP contribution is -2.41. The van der Waals surface area contributed by atoms with Crippen molar-refractivity contribution < 1.29 is 23.5 Å². The molecule has 4 rings (SSSR count). The van der Waals surface area contributed by atoms with Crippen molar-refractivity contribution >= 4 is 11.9 Å². The first-order chi connectivity index (χ1) is 12.4. The molecule has 0 saturated carbocycles. The third-order valence-corrected chi connectivity index (χ3v) is 5.19. The summed E-state index contributed by atoms with van der Waals surface area (Å²) < 4.78 is 29.1. The number of carbonyl (C=O) groups is 2. The Hall–Kier alpha value is -2.76. The Morgan fingerprint density at radius 3 is 2.62 bits per heavy atom. The van der Waals surface area contributed by atoms with Crippen molar-refractivity contribution in [1.82, 2.24) is 4.90 Å². The Bertz CT molecular complexity index is 910. The largest absolute Gasteiger partial charge is 0.480 e. The molecule has 1 atom stereocenters. The Kier molecular flexibility index (Phi) is 3.79. The van der Waals surface area contributed by atoms with E-state index < -0.39 is 17.9 Å². The standard InChI is InChI=1S/C20H17F2NO3/c21-20(22)15-5-2-1-4-13(15)14-10-12(7-8-16(14)20)11-18(24)23-9-3-6-17(23)19(25)26/h1-2,4-5,7-8,10,17H,3,6,9,11H2,(H,25,26). The number of rotatable bonds is 3. The molecule has 0 bridgehead atoms. The molecular formula is C20H17F2NO3. The van der Waals surface area contributed by atoms with Crippen LogP contribution in [0.15, 0.2) is 42.5 Å². The molecule has 0 radical (unpaired) electrons. The van der Waals surface area contributed by atoms with Gasteiger partial charge in [0.15, 0.2) is 0 Å². The number of amides is 1. The monoisotopic (exact) mass is 357 g/mol. The number of alkyl halides is 2. The lowest BCUT2D eigenvalue weighted by Gasteiger charge is -2.21. The van der Waals surface area contributed by atoms with Gasteiger partial charge in [-0.2, -0.15) is 8.78 Å². The van der Waals surface area contributed by atoms with E-state index in [-0.39, 0.29) is 23.5 Å². The van der Waals surface area contributed by atoms with Crippen molar-refractivity contribution in [3.8, 4) is 11.1 Å². The van der Waals surface area contributed by atoms with Crippen LogP contribution < -0.4 is 0 Å². The zero-order valence-electron chi connectivity index (χ0n) is 13.9. The van der Waals surface area contributed by atoms with Gasteiger partial charge in [-0.3, -0.25) is 4.79 Å². The molecule has 1 heterocycles. The van der Waals surface area contributed by atoms with Gasteiger partial charge in [0, 0.05) is 17.7 Å². The fraction of sp³-hybridized carbons (Fsp3) is 0.300. The first-order valence-electron chi connectivity index (χ1n) is 8.53. The van der Waals surface area contributed by atoms with Crippen LogP contribution in [0.5, 0.6) is 0 Å². The number of carboxylic acids is 1. The van der Waals surface area contributed by atoms with E-state index in [9.17, 15) is 23.5 Å². The van der Waals surface area contributed by atoms with Crippen molar-refractivity contribution in [2.45, 2.75) is 31.2 Å². The number of carboxylic acid groups (broad SMARTS) is 1. The number of hydrogen-bond acceptors (Lipinski definition) is 2. The first-order valence-corrected chi connectivity index (χ1v) is 8.53. The molecule has 2 aliphatic rings. The number of hydrogen-bond donors (Lipinski definition) is 1. The Balaban J connectivity index is 1.64. The second kappa shape index (κ2) is 5.90. The topological polar surface area (TPSA) is 57.6 Å². The molecule has 4 nitrogen and oxygen atoms in total. The summed E-state index contributed by atoms with van der Waals surface area (Å²) in [5.41, 5.74) is 1.44. The van der Waals surface area contributed by atoms with Gasteiger partial charge in [0.05, 0.1) is 6.42 Å². The fourth-order valence-electron chi connectivity index (χ4n) is 3.93. The van der Waals surface area contributed by atoms with Gasteiger partial charge < -0.3 is 10.0 Å². The van der Waals surface area contributed by atoms with Gasteiger partial charge in [0.2, 0.25) is 5.91 Å². The maximum Gasteiger partial charge on any atom is 0.326 e. The molecule has 1 unspecified atom stereocenters. The molecule has 134 valence electrons. The molecule has 2 aromatic carbocycles. The van der Waals surface area contributed by atoms with Crippen LogP contribution in [0.3, 0.4) is 0 Å². The normalized spacial score (nSPS) is 19.9. The number of aliphatic carboxylic acids is 1. The zero-order valence-corrected chi connectivity index (χ0v) is 13.9. The molecule has 0 aromatic heterocycles. The molecular weight excluding hydrogens is 340 g/mol. The number of carbonyl (C=O) groups excluding carboxylic acids is 1. The number of likely N-dealkylation sites (tertiary alicyclic amines) is 1. The average molecular weight is 357 g/mol. The Morgan fingerprint density at radius 1 is 1.12 bits per heavy atom. The lowest BCUT2D eigenvalue weighted by atomic mass is 10.0. The van der Waals surface area contributed by atoms with Crippen LogP contribution in [-0.4, -0.2) is 34.5 Å². The molecule has 1 aliphatic heterocycles. The summed E-state index contributed by atoms with van der Waals surface area (Å²) in [5, 5.41) is 9.22. The molecule has 1 N–H and O–H groups in total. The summed E-state index contributed by atoms with van der Waals surface area (Å²) >= 11 is 0. The Morgan fingerprint density at radius 2 is 1.85 bits per heavy atom. The highest BCUT2D eigenvalue weighted by atomic mass is 19.3. The molecule has 0 spiro atoms. The predicted octanol–water partition coefficient (Wildman–Crippen LogP) is 3.43. The summed E-state index contributed by atoms with van der Waals surface area (Å²) in [6.45, 7) is 0.418. The van der Waals surface area contributed by atoms with Gasteiger partial charge in [-0.15, -0.1) is 0 Å². The van der Waals surface area contributed by atoms with E-state index >= 15 is 0 Å². The van der Waals surface area contributed by atoms with Crippen LogP contribution in [0.25, 0.3) is 11.1 Å². The summed E-state index contributed by atoms with van der Waals surface area (Å²) in [5.74, 6) is -4.33. The van der Waals surface area contributed by atoms with E-state index in [1.54, 1.807) is 24.3 Å². The van der Waals surface area contributed by atoms with E-state index in [1.807, 2.05) is 0 Å². The number of fused-ring (bicyclic) bond motifs is 3. The molecule has 2 aromatic rings. The van der Waals surface area contributed by atoms with E-state index in [0.717, 1.165) is 0 Å². The fourth-order valence-corrected chi connectivity index (χ4v) is 3.93. The minimum Gasteiger partial charge on any atom is -0.480 e. The van der Waals surface area contributed by atoms with Crippen LogP contribution >= 0.6 is 0 Å². The SMILES string of the molecule is O=C(O)C1CCCN1C(=O)Cc1ccc2c(c1)-c1ccccc1C2(F)F. The van der Waals surface area contributed by atoms with Crippen molar-refractivity contribution in [2.75, 3.05) is 6.54 Å². The van der Waals surface area contributed by atoms with Crippen molar-refractivity contribution in [3.63, 3.8) is 0 Å². The van der Waals surface area contributed by atoms with Gasteiger partial charge >= 0.3 is 5.97 Å². The number of nitrogens with zero attached hydrogens (tertiary/aromatic N) is 1. The van der Waals surface area contributed by atoms with E-state index in [4.69, 9.17) is 0 Å². The maximum absolute atomic E-state index is 14.6. The molecule has 26 heavy (non-hydrogen) atoms. The third-order valence-electron chi connectivity index (χ3n) is 5.19. The quantitative estimate of drug-likeness (QED) is 0.916. The van der Waals surface area contributed by atoms with Crippen LogP contribution in [0.1, 0.15) is 29.5 Å². The average Bonchev–Trinajstić information content (AvgIpc) is 3.18. The van der Waals surface area contributed by atoms with Crippen molar-refractivity contribution in [1.29, 1.82) is 0 Å². The van der Waals surface area contributed by atoms with Crippen molar-refractivity contribution in [2.24, 2.45) is 0 Å². The minimum absolute atomic E-state index is 0.00476. The van der Waals surface area contributed by atoms with Crippen molar-refractivity contribution in [3.05, 3.63) is 59.2 Å². The van der Waals surface area contributed by atoms with Gasteiger partial charge in [-0.25, -0.2) is 4.79 Å². The maximum atomic E-state index is 14.6. The van der Waals surface area contributed by atoms with Gasteiger partial charge in [-0.1, -0.05) is 42.5 Å². The molecule has 1 saturated heterocycles. The van der Waals surface area contributed by atoms with Crippen LogP contribution in [-0.2, 0) is 21.9 Å².